The van der Waals surface area contributed by atoms with Crippen LogP contribution in [0.15, 0.2) is 108 Å². The van der Waals surface area contributed by atoms with E-state index in [1.807, 2.05) is 36.5 Å². The number of hydrogen-bond donors (Lipinski definition) is 3. The molecule has 0 fully saturated rings. The van der Waals surface area contributed by atoms with Crippen molar-refractivity contribution in [2.24, 2.45) is 0 Å². The highest BCUT2D eigenvalue weighted by Crippen LogP contribution is 2.32. The van der Waals surface area contributed by atoms with Crippen molar-refractivity contribution in [2.75, 3.05) is 17.8 Å². The van der Waals surface area contributed by atoms with E-state index in [2.05, 4.69) is 51.2 Å². The molecule has 40 heavy (non-hydrogen) atoms. The molecule has 0 spiro atoms. The number of aromatic nitrogens is 2. The van der Waals surface area contributed by atoms with Gasteiger partial charge in [-0.1, -0.05) is 60.2 Å². The first kappa shape index (κ1) is 27.7. The zero-order valence-corrected chi connectivity index (χ0v) is 23.6. The molecule has 0 aliphatic rings. The molecular formula is C31H30N4O3S2. The summed E-state index contributed by atoms with van der Waals surface area (Å²) < 4.78 is 28.6. The topological polar surface area (TPSA) is 104 Å². The van der Waals surface area contributed by atoms with Gasteiger partial charge in [0.25, 0.3) is 10.0 Å². The first-order valence-electron chi connectivity index (χ1n) is 12.9. The molecule has 5 aromatic rings. The van der Waals surface area contributed by atoms with Crippen molar-refractivity contribution in [3.05, 3.63) is 120 Å². The number of benzene rings is 3. The molecule has 204 valence electrons. The van der Waals surface area contributed by atoms with Gasteiger partial charge in [-0.2, -0.15) is 0 Å². The van der Waals surface area contributed by atoms with Crippen LogP contribution in [-0.4, -0.2) is 36.6 Å². The monoisotopic (exact) mass is 570 g/mol. The Morgan fingerprint density at radius 3 is 2.33 bits per heavy atom. The van der Waals surface area contributed by atoms with Crippen molar-refractivity contribution in [1.82, 2.24) is 15.3 Å². The van der Waals surface area contributed by atoms with Gasteiger partial charge in [0.05, 0.1) is 15.9 Å². The SMILES string of the molecule is Cc1ccc(-c2ncc(-c3ccc(S(=O)(=O)Nc4ccc(CCNCC(O)c5cccnc5)cc4)cc3)s2)cc1. The summed E-state index contributed by atoms with van der Waals surface area (Å²) in [5, 5.41) is 14.4. The quantitative estimate of drug-likeness (QED) is 0.172. The smallest absolute Gasteiger partial charge is 0.261 e. The van der Waals surface area contributed by atoms with Gasteiger partial charge in [0.2, 0.25) is 0 Å². The van der Waals surface area contributed by atoms with Crippen LogP contribution < -0.4 is 10.0 Å². The number of aryl methyl sites for hydroxylation is 1. The number of nitrogens with zero attached hydrogens (tertiary/aromatic N) is 2. The van der Waals surface area contributed by atoms with Crippen LogP contribution in [0, 0.1) is 6.92 Å². The maximum Gasteiger partial charge on any atom is 0.261 e. The fourth-order valence-electron chi connectivity index (χ4n) is 4.15. The molecule has 0 saturated carbocycles. The number of aliphatic hydroxyl groups excluding tert-OH is 1. The van der Waals surface area contributed by atoms with E-state index in [1.165, 1.54) is 5.56 Å². The number of thiazole rings is 1. The molecule has 2 heterocycles. The van der Waals surface area contributed by atoms with Crippen molar-refractivity contribution in [2.45, 2.75) is 24.3 Å². The van der Waals surface area contributed by atoms with Gasteiger partial charge < -0.3 is 10.4 Å². The van der Waals surface area contributed by atoms with E-state index >= 15 is 0 Å². The first-order valence-corrected chi connectivity index (χ1v) is 15.2. The molecule has 3 N–H and O–H groups in total. The lowest BCUT2D eigenvalue weighted by Crippen LogP contribution is -2.23. The van der Waals surface area contributed by atoms with Gasteiger partial charge in [0.1, 0.15) is 5.01 Å². The van der Waals surface area contributed by atoms with Gasteiger partial charge in [0.15, 0.2) is 0 Å². The third-order valence-corrected chi connectivity index (χ3v) is 8.95. The van der Waals surface area contributed by atoms with Crippen molar-refractivity contribution >= 4 is 27.0 Å². The highest BCUT2D eigenvalue weighted by atomic mass is 32.2. The lowest BCUT2D eigenvalue weighted by atomic mass is 10.1. The summed E-state index contributed by atoms with van der Waals surface area (Å²) >= 11 is 1.57. The largest absolute Gasteiger partial charge is 0.387 e. The summed E-state index contributed by atoms with van der Waals surface area (Å²) in [4.78, 5) is 9.74. The minimum atomic E-state index is -3.73. The number of anilines is 1. The molecule has 1 unspecified atom stereocenters. The Balaban J connectivity index is 1.14. The molecular weight excluding hydrogens is 541 g/mol. The minimum Gasteiger partial charge on any atom is -0.387 e. The fraction of sp³-hybridized carbons (Fsp3) is 0.161. The molecule has 9 heteroatoms. The van der Waals surface area contributed by atoms with E-state index in [4.69, 9.17) is 0 Å². The van der Waals surface area contributed by atoms with E-state index in [9.17, 15) is 13.5 Å². The molecule has 0 radical (unpaired) electrons. The molecule has 5 rings (SSSR count). The van der Waals surface area contributed by atoms with Crippen LogP contribution in [0.4, 0.5) is 5.69 Å². The van der Waals surface area contributed by atoms with Crippen LogP contribution in [0.1, 0.15) is 22.8 Å². The predicted octanol–water partition coefficient (Wildman–Crippen LogP) is 5.85. The number of rotatable bonds is 11. The summed E-state index contributed by atoms with van der Waals surface area (Å²) in [6.07, 6.45) is 5.29. The summed E-state index contributed by atoms with van der Waals surface area (Å²) in [7, 11) is -3.73. The summed E-state index contributed by atoms with van der Waals surface area (Å²) in [5.41, 5.74) is 5.51. The first-order chi connectivity index (χ1) is 19.4. The van der Waals surface area contributed by atoms with Gasteiger partial charge in [-0.25, -0.2) is 13.4 Å². The molecule has 0 amide bonds. The second-order valence-electron chi connectivity index (χ2n) is 9.48. The highest BCUT2D eigenvalue weighted by Gasteiger charge is 2.15. The number of nitrogens with one attached hydrogen (secondary N) is 2. The second-order valence-corrected chi connectivity index (χ2v) is 12.2. The standard InChI is InChI=1S/C31H30N4O3S2/c1-22-4-8-25(9-5-22)31-34-21-30(39-31)24-10-14-28(15-11-24)40(37,38)35-27-12-6-23(7-13-27)16-18-33-20-29(36)26-3-2-17-32-19-26/h2-15,17,19,21,29,33,35-36H,16,18,20H2,1H3. The van der Waals surface area contributed by atoms with Crippen LogP contribution in [0.25, 0.3) is 21.0 Å². The predicted molar refractivity (Wildman–Crippen MR) is 161 cm³/mol. The zero-order valence-electron chi connectivity index (χ0n) is 22.0. The molecule has 7 nitrogen and oxygen atoms in total. The summed E-state index contributed by atoms with van der Waals surface area (Å²) in [5.74, 6) is 0. The highest BCUT2D eigenvalue weighted by molar-refractivity contribution is 7.92. The Bertz CT molecular complexity index is 1640. The third kappa shape index (κ3) is 7.00. The Morgan fingerprint density at radius 2 is 1.62 bits per heavy atom. The van der Waals surface area contributed by atoms with Gasteiger partial charge in [-0.3, -0.25) is 9.71 Å². The number of pyridine rings is 1. The Morgan fingerprint density at radius 1 is 0.900 bits per heavy atom. The number of hydrogen-bond acceptors (Lipinski definition) is 7. The summed E-state index contributed by atoms with van der Waals surface area (Å²) in [6.45, 7) is 3.16. The molecule has 2 aromatic heterocycles. The molecule has 1 atom stereocenters. The van der Waals surface area contributed by atoms with Gasteiger partial charge >= 0.3 is 0 Å². The maximum absolute atomic E-state index is 13.0. The van der Waals surface area contributed by atoms with Gasteiger partial charge in [-0.15, -0.1) is 11.3 Å². The summed E-state index contributed by atoms with van der Waals surface area (Å²) in [6, 6.07) is 26.0. The Hall–Kier alpha value is -3.89. The Kier molecular flexibility index (Phi) is 8.66. The van der Waals surface area contributed by atoms with E-state index in [-0.39, 0.29) is 4.90 Å². The third-order valence-electron chi connectivity index (χ3n) is 6.46. The lowest BCUT2D eigenvalue weighted by Gasteiger charge is -2.12. The molecule has 3 aromatic carbocycles. The van der Waals surface area contributed by atoms with E-state index in [0.717, 1.165) is 38.6 Å². The number of aliphatic hydroxyl groups is 1. The zero-order chi connectivity index (χ0) is 28.0. The van der Waals surface area contributed by atoms with Gasteiger partial charge in [0, 0.05) is 41.9 Å². The van der Waals surface area contributed by atoms with E-state index in [1.54, 1.807) is 54.1 Å². The van der Waals surface area contributed by atoms with Crippen LogP contribution in [0.3, 0.4) is 0 Å². The van der Waals surface area contributed by atoms with Crippen LogP contribution in [-0.2, 0) is 16.4 Å². The molecule has 0 aliphatic carbocycles. The lowest BCUT2D eigenvalue weighted by molar-refractivity contribution is 0.174. The van der Waals surface area contributed by atoms with Crippen molar-refractivity contribution in [3.8, 4) is 21.0 Å². The van der Waals surface area contributed by atoms with Crippen molar-refractivity contribution < 1.29 is 13.5 Å². The normalized spacial score (nSPS) is 12.2. The average Bonchev–Trinajstić information content (AvgIpc) is 3.47. The number of sulfonamides is 1. The van der Waals surface area contributed by atoms with E-state index in [0.29, 0.717) is 18.8 Å². The second kappa shape index (κ2) is 12.5. The van der Waals surface area contributed by atoms with Crippen LogP contribution >= 0.6 is 11.3 Å². The van der Waals surface area contributed by atoms with Crippen molar-refractivity contribution in [1.29, 1.82) is 0 Å². The van der Waals surface area contributed by atoms with Gasteiger partial charge in [-0.05, 0) is 61.3 Å². The Labute approximate surface area is 238 Å². The average molecular weight is 571 g/mol. The molecule has 0 bridgehead atoms. The molecule has 0 aliphatic heterocycles. The van der Waals surface area contributed by atoms with Crippen LogP contribution in [0.2, 0.25) is 0 Å². The van der Waals surface area contributed by atoms with Crippen LogP contribution in [0.5, 0.6) is 0 Å². The minimum absolute atomic E-state index is 0.194. The van der Waals surface area contributed by atoms with Crippen molar-refractivity contribution in [3.63, 3.8) is 0 Å². The fourth-order valence-corrected chi connectivity index (χ4v) is 6.14. The maximum atomic E-state index is 13.0. The molecule has 0 saturated heterocycles. The van der Waals surface area contributed by atoms with E-state index < -0.39 is 16.1 Å².